The summed E-state index contributed by atoms with van der Waals surface area (Å²) >= 11 is 0. The second kappa shape index (κ2) is 2.60. The van der Waals surface area contributed by atoms with Gasteiger partial charge in [-0.1, -0.05) is 6.07 Å². The van der Waals surface area contributed by atoms with Crippen LogP contribution in [0.1, 0.15) is 5.69 Å². The summed E-state index contributed by atoms with van der Waals surface area (Å²) in [7, 11) is -3.64. The van der Waals surface area contributed by atoms with Crippen molar-refractivity contribution in [1.82, 2.24) is 4.98 Å². The summed E-state index contributed by atoms with van der Waals surface area (Å²) in [5, 5.41) is 4.75. The molecule has 11 heavy (non-hydrogen) atoms. The highest BCUT2D eigenvalue weighted by atomic mass is 32.2. The molecule has 5 heteroatoms. The van der Waals surface area contributed by atoms with Crippen molar-refractivity contribution < 1.29 is 8.42 Å². The molecule has 0 saturated carbocycles. The minimum atomic E-state index is -3.64. The van der Waals surface area contributed by atoms with Gasteiger partial charge >= 0.3 is 0 Å². The number of rotatable bonds is 1. The molecule has 1 heterocycles. The minimum Gasteiger partial charge on any atom is -0.240 e. The van der Waals surface area contributed by atoms with E-state index in [-0.39, 0.29) is 5.03 Å². The number of aryl methyl sites for hydroxylation is 1. The zero-order chi connectivity index (χ0) is 8.48. The third kappa shape index (κ3) is 1.99. The molecule has 0 fully saturated rings. The summed E-state index contributed by atoms with van der Waals surface area (Å²) < 4.78 is 21.4. The molecule has 0 aliphatic rings. The fourth-order valence-electron chi connectivity index (χ4n) is 0.676. The van der Waals surface area contributed by atoms with Gasteiger partial charge in [0, 0.05) is 5.69 Å². The van der Waals surface area contributed by atoms with Gasteiger partial charge in [0.05, 0.1) is 0 Å². The zero-order valence-electron chi connectivity index (χ0n) is 5.98. The number of hydrogen-bond acceptors (Lipinski definition) is 3. The summed E-state index contributed by atoms with van der Waals surface area (Å²) in [6.45, 7) is 1.70. The van der Waals surface area contributed by atoms with E-state index in [1.165, 1.54) is 6.07 Å². The number of aromatic nitrogens is 1. The molecule has 0 amide bonds. The molecule has 2 N–H and O–H groups in total. The van der Waals surface area contributed by atoms with Gasteiger partial charge in [-0.15, -0.1) is 0 Å². The van der Waals surface area contributed by atoms with E-state index < -0.39 is 10.0 Å². The lowest BCUT2D eigenvalue weighted by molar-refractivity contribution is 0.593. The van der Waals surface area contributed by atoms with Crippen LogP contribution in [0.4, 0.5) is 0 Å². The lowest BCUT2D eigenvalue weighted by Gasteiger charge is -1.96. The van der Waals surface area contributed by atoms with Crippen LogP contribution in [0.5, 0.6) is 0 Å². The lowest BCUT2D eigenvalue weighted by Crippen LogP contribution is -2.14. The highest BCUT2D eigenvalue weighted by Crippen LogP contribution is 2.02. The van der Waals surface area contributed by atoms with Crippen LogP contribution in [0.15, 0.2) is 23.2 Å². The molecule has 0 saturated heterocycles. The van der Waals surface area contributed by atoms with Crippen LogP contribution in [0.2, 0.25) is 0 Å². The molecule has 0 radical (unpaired) electrons. The van der Waals surface area contributed by atoms with Gasteiger partial charge in [0.15, 0.2) is 5.03 Å². The van der Waals surface area contributed by atoms with E-state index in [2.05, 4.69) is 4.98 Å². The van der Waals surface area contributed by atoms with Crippen molar-refractivity contribution >= 4 is 10.0 Å². The molecule has 4 nitrogen and oxygen atoms in total. The van der Waals surface area contributed by atoms with E-state index >= 15 is 0 Å². The summed E-state index contributed by atoms with van der Waals surface area (Å²) in [6.07, 6.45) is 0. The van der Waals surface area contributed by atoms with Gasteiger partial charge in [-0.2, -0.15) is 0 Å². The van der Waals surface area contributed by atoms with Gasteiger partial charge in [-0.25, -0.2) is 18.5 Å². The maximum absolute atomic E-state index is 10.7. The van der Waals surface area contributed by atoms with Crippen LogP contribution < -0.4 is 5.14 Å². The van der Waals surface area contributed by atoms with Crippen molar-refractivity contribution in [3.05, 3.63) is 23.9 Å². The lowest BCUT2D eigenvalue weighted by atomic mass is 10.4. The van der Waals surface area contributed by atoms with Crippen molar-refractivity contribution in [3.8, 4) is 0 Å². The molecular weight excluding hydrogens is 164 g/mol. The van der Waals surface area contributed by atoms with Crippen LogP contribution in [0.25, 0.3) is 0 Å². The van der Waals surface area contributed by atoms with Gasteiger partial charge < -0.3 is 0 Å². The van der Waals surface area contributed by atoms with Gasteiger partial charge in [0.2, 0.25) is 0 Å². The first kappa shape index (κ1) is 8.16. The highest BCUT2D eigenvalue weighted by Gasteiger charge is 2.07. The molecule has 1 rings (SSSR count). The standard InChI is InChI=1S/C6H8N2O2S/c1-5-3-2-4-6(8-5)11(7,9)10/h2-4H,1H3,(H2,7,9,10). The van der Waals surface area contributed by atoms with Crippen LogP contribution in [0, 0.1) is 6.92 Å². The quantitative estimate of drug-likeness (QED) is 0.649. The molecule has 60 valence electrons. The first-order chi connectivity index (χ1) is 5.00. The normalized spacial score (nSPS) is 11.5. The van der Waals surface area contributed by atoms with Crippen molar-refractivity contribution in [1.29, 1.82) is 0 Å². The van der Waals surface area contributed by atoms with Gasteiger partial charge in [-0.05, 0) is 19.1 Å². The number of nitrogens with two attached hydrogens (primary N) is 1. The maximum atomic E-state index is 10.7. The fraction of sp³-hybridized carbons (Fsp3) is 0.167. The van der Waals surface area contributed by atoms with Crippen LogP contribution >= 0.6 is 0 Å². The monoisotopic (exact) mass is 172 g/mol. The van der Waals surface area contributed by atoms with Crippen LogP contribution in [-0.4, -0.2) is 13.4 Å². The molecule has 0 atom stereocenters. The Bertz CT molecular complexity index is 359. The molecule has 0 spiro atoms. The Morgan fingerprint density at radius 1 is 1.45 bits per heavy atom. The number of hydrogen-bond donors (Lipinski definition) is 1. The van der Waals surface area contributed by atoms with Crippen molar-refractivity contribution in [3.63, 3.8) is 0 Å². The second-order valence-corrected chi connectivity index (χ2v) is 3.67. The van der Waals surface area contributed by atoms with Crippen LogP contribution in [-0.2, 0) is 10.0 Å². The van der Waals surface area contributed by atoms with Gasteiger partial charge in [0.25, 0.3) is 10.0 Å². The van der Waals surface area contributed by atoms with Crippen molar-refractivity contribution in [2.24, 2.45) is 5.14 Å². The largest absolute Gasteiger partial charge is 0.255 e. The van der Waals surface area contributed by atoms with Gasteiger partial charge in [0.1, 0.15) is 0 Å². The molecule has 1 aromatic heterocycles. The Hall–Kier alpha value is -0.940. The fourth-order valence-corrected chi connectivity index (χ4v) is 1.22. The predicted molar refractivity (Wildman–Crippen MR) is 40.3 cm³/mol. The van der Waals surface area contributed by atoms with E-state index in [9.17, 15) is 8.42 Å². The van der Waals surface area contributed by atoms with E-state index in [1.54, 1.807) is 19.1 Å². The molecular formula is C6H8N2O2S. The highest BCUT2D eigenvalue weighted by molar-refractivity contribution is 7.89. The summed E-state index contributed by atoms with van der Waals surface area (Å²) in [5.41, 5.74) is 0.636. The molecule has 0 unspecified atom stereocenters. The Balaban J connectivity index is 3.28. The first-order valence-corrected chi connectivity index (χ1v) is 4.51. The first-order valence-electron chi connectivity index (χ1n) is 2.96. The summed E-state index contributed by atoms with van der Waals surface area (Å²) in [5.74, 6) is 0. The predicted octanol–water partition coefficient (Wildman–Crippen LogP) is 0.0374. The molecule has 1 aromatic rings. The Labute approximate surface area is 65.1 Å². The molecule has 0 aromatic carbocycles. The zero-order valence-corrected chi connectivity index (χ0v) is 6.80. The summed E-state index contributed by atoms with van der Waals surface area (Å²) in [4.78, 5) is 3.73. The summed E-state index contributed by atoms with van der Waals surface area (Å²) in [6, 6.07) is 4.67. The van der Waals surface area contributed by atoms with E-state index in [0.717, 1.165) is 0 Å². The van der Waals surface area contributed by atoms with Crippen molar-refractivity contribution in [2.75, 3.05) is 0 Å². The van der Waals surface area contributed by atoms with E-state index in [4.69, 9.17) is 5.14 Å². The topological polar surface area (TPSA) is 73.1 Å². The smallest absolute Gasteiger partial charge is 0.240 e. The molecule has 0 aliphatic heterocycles. The molecule has 0 aliphatic carbocycles. The SMILES string of the molecule is Cc1cccc(S(N)(=O)=O)n1. The average molecular weight is 172 g/mol. The average Bonchev–Trinajstić information content (AvgIpc) is 1.86. The van der Waals surface area contributed by atoms with E-state index in [0.29, 0.717) is 5.69 Å². The number of primary sulfonamides is 1. The Morgan fingerprint density at radius 2 is 2.09 bits per heavy atom. The third-order valence-corrected chi connectivity index (χ3v) is 1.96. The number of pyridine rings is 1. The van der Waals surface area contributed by atoms with Crippen LogP contribution in [0.3, 0.4) is 0 Å². The third-order valence-electron chi connectivity index (χ3n) is 1.15. The number of nitrogens with zero attached hydrogens (tertiary/aromatic N) is 1. The second-order valence-electron chi connectivity index (χ2n) is 2.16. The molecule has 0 bridgehead atoms. The van der Waals surface area contributed by atoms with Gasteiger partial charge in [-0.3, -0.25) is 0 Å². The van der Waals surface area contributed by atoms with Crippen molar-refractivity contribution in [2.45, 2.75) is 11.9 Å². The number of sulfonamides is 1. The Kier molecular flexibility index (Phi) is 1.92. The van der Waals surface area contributed by atoms with E-state index in [1.807, 2.05) is 0 Å². The maximum Gasteiger partial charge on any atom is 0.255 e. The Morgan fingerprint density at radius 3 is 2.45 bits per heavy atom. The minimum absolute atomic E-state index is 0.0856.